The molecular weight excluding hydrogens is 256 g/mol. The van der Waals surface area contributed by atoms with E-state index in [1.807, 2.05) is 18.2 Å². The van der Waals surface area contributed by atoms with Gasteiger partial charge in [-0.2, -0.15) is 0 Å². The average molecular weight is 268 g/mol. The maximum atomic E-state index is 11.8. The molecule has 5 nitrogen and oxygen atoms in total. The third-order valence-corrected chi connectivity index (χ3v) is 2.84. The highest BCUT2D eigenvalue weighted by atomic mass is 16.3. The Morgan fingerprint density at radius 2 is 2.20 bits per heavy atom. The van der Waals surface area contributed by atoms with Crippen molar-refractivity contribution in [2.24, 2.45) is 0 Å². The molecule has 100 valence electrons. The highest BCUT2D eigenvalue weighted by Crippen LogP contribution is 2.19. The van der Waals surface area contributed by atoms with Gasteiger partial charge < -0.3 is 14.2 Å². The molecule has 20 heavy (non-hydrogen) atoms. The monoisotopic (exact) mass is 268 g/mol. The van der Waals surface area contributed by atoms with Crippen molar-refractivity contribution in [2.45, 2.75) is 6.54 Å². The van der Waals surface area contributed by atoms with Crippen LogP contribution in [0.25, 0.3) is 11.3 Å². The lowest BCUT2D eigenvalue weighted by molar-refractivity contribution is 0.0950. The summed E-state index contributed by atoms with van der Waals surface area (Å²) in [5, 5.41) is 2.80. The van der Waals surface area contributed by atoms with Crippen LogP contribution in [0, 0.1) is 0 Å². The van der Waals surface area contributed by atoms with Gasteiger partial charge >= 0.3 is 0 Å². The number of carbonyl (C=O) groups is 1. The van der Waals surface area contributed by atoms with Crippen LogP contribution >= 0.6 is 0 Å². The molecule has 3 rings (SSSR count). The summed E-state index contributed by atoms with van der Waals surface area (Å²) in [6, 6.07) is 7.24. The number of amides is 1. The van der Waals surface area contributed by atoms with Crippen molar-refractivity contribution in [1.29, 1.82) is 0 Å². The third kappa shape index (κ3) is 2.61. The van der Waals surface area contributed by atoms with Crippen molar-refractivity contribution in [3.63, 3.8) is 0 Å². The quantitative estimate of drug-likeness (QED) is 0.790. The van der Waals surface area contributed by atoms with E-state index < -0.39 is 0 Å². The van der Waals surface area contributed by atoms with Crippen LogP contribution in [-0.2, 0) is 6.54 Å². The van der Waals surface area contributed by atoms with Crippen LogP contribution in [0.3, 0.4) is 0 Å². The molecule has 0 saturated heterocycles. The van der Waals surface area contributed by atoms with E-state index in [2.05, 4.69) is 10.3 Å². The molecule has 0 aliphatic rings. The average Bonchev–Trinajstić information content (AvgIpc) is 3.17. The van der Waals surface area contributed by atoms with Crippen molar-refractivity contribution in [2.75, 3.05) is 0 Å². The van der Waals surface area contributed by atoms with Crippen molar-refractivity contribution in [3.05, 3.63) is 66.6 Å². The molecule has 0 saturated carbocycles. The Labute approximate surface area is 115 Å². The van der Waals surface area contributed by atoms with Crippen LogP contribution in [0.1, 0.15) is 15.9 Å². The van der Waals surface area contributed by atoms with E-state index in [1.165, 1.54) is 12.5 Å². The highest BCUT2D eigenvalue weighted by molar-refractivity contribution is 5.93. The van der Waals surface area contributed by atoms with Crippen LogP contribution in [0.15, 0.2) is 64.3 Å². The predicted molar refractivity (Wildman–Crippen MR) is 71.8 cm³/mol. The maximum Gasteiger partial charge on any atom is 0.254 e. The molecule has 0 aromatic carbocycles. The lowest BCUT2D eigenvalue weighted by atomic mass is 10.1. The normalized spacial score (nSPS) is 10.4. The Hall–Kier alpha value is -2.82. The predicted octanol–water partition coefficient (Wildman–Crippen LogP) is 2.86. The van der Waals surface area contributed by atoms with Gasteiger partial charge in [0.25, 0.3) is 5.91 Å². The first kappa shape index (κ1) is 12.2. The van der Waals surface area contributed by atoms with Gasteiger partial charge in [0.1, 0.15) is 12.0 Å². The van der Waals surface area contributed by atoms with Crippen molar-refractivity contribution in [3.8, 4) is 11.3 Å². The number of pyridine rings is 1. The van der Waals surface area contributed by atoms with Crippen LogP contribution in [0.2, 0.25) is 0 Å². The summed E-state index contributed by atoms with van der Waals surface area (Å²) < 4.78 is 10.2. The van der Waals surface area contributed by atoms with Crippen LogP contribution < -0.4 is 5.32 Å². The zero-order valence-corrected chi connectivity index (χ0v) is 10.6. The van der Waals surface area contributed by atoms with E-state index in [4.69, 9.17) is 8.83 Å². The van der Waals surface area contributed by atoms with Crippen LogP contribution in [0.4, 0.5) is 0 Å². The fourth-order valence-electron chi connectivity index (χ4n) is 1.84. The summed E-state index contributed by atoms with van der Waals surface area (Å²) in [7, 11) is 0. The highest BCUT2D eigenvalue weighted by Gasteiger charge is 2.07. The fourth-order valence-corrected chi connectivity index (χ4v) is 1.84. The van der Waals surface area contributed by atoms with Gasteiger partial charge in [-0.15, -0.1) is 0 Å². The molecule has 0 aliphatic heterocycles. The van der Waals surface area contributed by atoms with Gasteiger partial charge in [0.15, 0.2) is 0 Å². The summed E-state index contributed by atoms with van der Waals surface area (Å²) in [4.78, 5) is 15.9. The van der Waals surface area contributed by atoms with Gasteiger partial charge in [-0.25, -0.2) is 0 Å². The summed E-state index contributed by atoms with van der Waals surface area (Å²) in [6.45, 7) is 0.394. The third-order valence-electron chi connectivity index (χ3n) is 2.84. The molecule has 3 aromatic heterocycles. The molecule has 3 aromatic rings. The first-order valence-corrected chi connectivity index (χ1v) is 6.11. The molecule has 5 heteroatoms. The van der Waals surface area contributed by atoms with E-state index >= 15 is 0 Å². The Balaban J connectivity index is 1.69. The Kier molecular flexibility index (Phi) is 3.33. The minimum atomic E-state index is -0.179. The maximum absolute atomic E-state index is 11.8. The van der Waals surface area contributed by atoms with Gasteiger partial charge in [-0.1, -0.05) is 0 Å². The first-order valence-electron chi connectivity index (χ1n) is 6.11. The minimum absolute atomic E-state index is 0.179. The van der Waals surface area contributed by atoms with Crippen molar-refractivity contribution in [1.82, 2.24) is 10.3 Å². The zero-order chi connectivity index (χ0) is 13.8. The molecule has 1 amide bonds. The molecule has 0 unspecified atom stereocenters. The lowest BCUT2D eigenvalue weighted by Gasteiger charge is -2.04. The Morgan fingerprint density at radius 3 is 2.95 bits per heavy atom. The SMILES string of the molecule is O=C(NCc1cncc(-c2ccco2)c1)c1ccoc1. The smallest absolute Gasteiger partial charge is 0.254 e. The summed E-state index contributed by atoms with van der Waals surface area (Å²) in [6.07, 6.45) is 7.92. The van der Waals surface area contributed by atoms with E-state index in [1.54, 1.807) is 24.7 Å². The van der Waals surface area contributed by atoms with Crippen LogP contribution in [-0.4, -0.2) is 10.9 Å². The minimum Gasteiger partial charge on any atom is -0.472 e. The van der Waals surface area contributed by atoms with Gasteiger partial charge in [-0.05, 0) is 29.8 Å². The second kappa shape index (κ2) is 5.44. The number of hydrogen-bond donors (Lipinski definition) is 1. The van der Waals surface area contributed by atoms with Gasteiger partial charge in [0.2, 0.25) is 0 Å². The zero-order valence-electron chi connectivity index (χ0n) is 10.6. The second-order valence-electron chi connectivity index (χ2n) is 4.25. The molecule has 0 spiro atoms. The van der Waals surface area contributed by atoms with Gasteiger partial charge in [0.05, 0.1) is 18.1 Å². The standard InChI is InChI=1S/C15H12N2O3/c18-15(12-3-5-19-10-12)17-8-11-6-13(9-16-7-11)14-2-1-4-20-14/h1-7,9-10H,8H2,(H,17,18). The number of aromatic nitrogens is 1. The molecule has 3 heterocycles. The van der Waals surface area contributed by atoms with E-state index in [0.29, 0.717) is 12.1 Å². The van der Waals surface area contributed by atoms with E-state index in [0.717, 1.165) is 16.9 Å². The number of rotatable bonds is 4. The van der Waals surface area contributed by atoms with Crippen LogP contribution in [0.5, 0.6) is 0 Å². The molecule has 0 atom stereocenters. The van der Waals surface area contributed by atoms with Gasteiger partial charge in [-0.3, -0.25) is 9.78 Å². The molecular formula is C15H12N2O3. The first-order chi connectivity index (χ1) is 9.83. The number of furan rings is 2. The largest absolute Gasteiger partial charge is 0.472 e. The number of carbonyl (C=O) groups excluding carboxylic acids is 1. The van der Waals surface area contributed by atoms with Gasteiger partial charge in [0, 0.05) is 24.5 Å². The molecule has 0 bridgehead atoms. The number of hydrogen-bond acceptors (Lipinski definition) is 4. The number of nitrogens with one attached hydrogen (secondary N) is 1. The van der Waals surface area contributed by atoms with Crippen molar-refractivity contribution >= 4 is 5.91 Å². The summed E-state index contributed by atoms with van der Waals surface area (Å²) in [5.74, 6) is 0.572. The summed E-state index contributed by atoms with van der Waals surface area (Å²) >= 11 is 0. The molecule has 0 aliphatic carbocycles. The lowest BCUT2D eigenvalue weighted by Crippen LogP contribution is -2.22. The van der Waals surface area contributed by atoms with E-state index in [9.17, 15) is 4.79 Å². The van der Waals surface area contributed by atoms with E-state index in [-0.39, 0.29) is 5.91 Å². The molecule has 1 N–H and O–H groups in total. The second-order valence-corrected chi connectivity index (χ2v) is 4.25. The van der Waals surface area contributed by atoms with Crippen molar-refractivity contribution < 1.29 is 13.6 Å². The summed E-state index contributed by atoms with van der Waals surface area (Å²) in [5.41, 5.74) is 2.28. The molecule has 0 fully saturated rings. The number of nitrogens with zero attached hydrogens (tertiary/aromatic N) is 1. The Bertz CT molecular complexity index is 688. The topological polar surface area (TPSA) is 68.3 Å². The Morgan fingerprint density at radius 1 is 1.25 bits per heavy atom. The molecule has 0 radical (unpaired) electrons. The fraction of sp³-hybridized carbons (Fsp3) is 0.0667.